The molecule has 1 saturated carbocycles. The van der Waals surface area contributed by atoms with E-state index in [4.69, 9.17) is 14.3 Å². The van der Waals surface area contributed by atoms with Crippen molar-refractivity contribution in [3.63, 3.8) is 0 Å². The van der Waals surface area contributed by atoms with Gasteiger partial charge < -0.3 is 19.6 Å². The van der Waals surface area contributed by atoms with Gasteiger partial charge in [-0.05, 0) is 43.5 Å². The summed E-state index contributed by atoms with van der Waals surface area (Å²) in [5, 5.41) is 12.0. The standard InChI is InChI=1S/C20H23NO5/c1-13-17(18(22)23)11-16(26-13)12-21-19(24)20(8-3-4-9-20)14-6-5-7-15(10-14)25-2/h5-7,10-11H,3-4,8-9,12H2,1-2H3,(H,21,24)(H,22,23). The van der Waals surface area contributed by atoms with E-state index in [-0.39, 0.29) is 18.0 Å². The van der Waals surface area contributed by atoms with Gasteiger partial charge in [0, 0.05) is 0 Å². The lowest BCUT2D eigenvalue weighted by Crippen LogP contribution is -2.42. The van der Waals surface area contributed by atoms with E-state index >= 15 is 0 Å². The maximum absolute atomic E-state index is 13.1. The molecule has 6 nitrogen and oxygen atoms in total. The molecule has 0 unspecified atom stereocenters. The Morgan fingerprint density at radius 2 is 2.00 bits per heavy atom. The molecule has 1 aliphatic carbocycles. The summed E-state index contributed by atoms with van der Waals surface area (Å²) in [5.41, 5.74) is 0.498. The number of nitrogens with one attached hydrogen (secondary N) is 1. The minimum absolute atomic E-state index is 0.0609. The first kappa shape index (κ1) is 18.0. The van der Waals surface area contributed by atoms with Crippen LogP contribution in [-0.4, -0.2) is 24.1 Å². The van der Waals surface area contributed by atoms with Crippen LogP contribution in [0.1, 0.15) is 53.1 Å². The van der Waals surface area contributed by atoms with Gasteiger partial charge in [0.15, 0.2) is 0 Å². The number of aromatic carboxylic acids is 1. The van der Waals surface area contributed by atoms with Gasteiger partial charge in [0.1, 0.15) is 22.8 Å². The van der Waals surface area contributed by atoms with Gasteiger partial charge >= 0.3 is 5.97 Å². The summed E-state index contributed by atoms with van der Waals surface area (Å²) in [7, 11) is 1.61. The highest BCUT2D eigenvalue weighted by Gasteiger charge is 2.42. The van der Waals surface area contributed by atoms with Crippen LogP contribution in [0.5, 0.6) is 5.75 Å². The lowest BCUT2D eigenvalue weighted by atomic mass is 9.78. The molecule has 1 aromatic heterocycles. The van der Waals surface area contributed by atoms with Crippen LogP contribution in [0.25, 0.3) is 0 Å². The molecule has 1 fully saturated rings. The number of carboxylic acid groups (broad SMARTS) is 1. The first-order chi connectivity index (χ1) is 12.5. The van der Waals surface area contributed by atoms with Crippen molar-refractivity contribution < 1.29 is 23.8 Å². The van der Waals surface area contributed by atoms with E-state index in [1.54, 1.807) is 14.0 Å². The third-order valence-electron chi connectivity index (χ3n) is 5.14. The molecule has 0 radical (unpaired) electrons. The molecule has 1 aliphatic rings. The number of hydrogen-bond acceptors (Lipinski definition) is 4. The second kappa shape index (κ2) is 7.23. The lowest BCUT2D eigenvalue weighted by molar-refractivity contribution is -0.126. The van der Waals surface area contributed by atoms with Gasteiger partial charge in [0.2, 0.25) is 5.91 Å². The number of benzene rings is 1. The minimum Gasteiger partial charge on any atom is -0.497 e. The van der Waals surface area contributed by atoms with E-state index < -0.39 is 11.4 Å². The quantitative estimate of drug-likeness (QED) is 0.827. The van der Waals surface area contributed by atoms with Gasteiger partial charge in [-0.3, -0.25) is 4.79 Å². The van der Waals surface area contributed by atoms with E-state index in [0.29, 0.717) is 11.5 Å². The summed E-state index contributed by atoms with van der Waals surface area (Å²) >= 11 is 0. The minimum atomic E-state index is -1.03. The molecule has 2 aromatic rings. The Hall–Kier alpha value is -2.76. The van der Waals surface area contributed by atoms with E-state index in [1.165, 1.54) is 6.07 Å². The van der Waals surface area contributed by atoms with E-state index in [0.717, 1.165) is 37.0 Å². The number of methoxy groups -OCH3 is 1. The van der Waals surface area contributed by atoms with Crippen molar-refractivity contribution in [2.24, 2.45) is 0 Å². The number of aryl methyl sites for hydroxylation is 1. The van der Waals surface area contributed by atoms with Gasteiger partial charge in [-0.1, -0.05) is 25.0 Å². The normalized spacial score (nSPS) is 15.6. The molecule has 0 atom stereocenters. The second-order valence-electron chi connectivity index (χ2n) is 6.69. The zero-order valence-corrected chi connectivity index (χ0v) is 15.0. The summed E-state index contributed by atoms with van der Waals surface area (Å²) in [5.74, 6) is 0.410. The zero-order valence-electron chi connectivity index (χ0n) is 15.0. The molecule has 0 bridgehead atoms. The Labute approximate surface area is 152 Å². The van der Waals surface area contributed by atoms with Crippen LogP contribution in [0.3, 0.4) is 0 Å². The predicted octanol–water partition coefficient (Wildman–Crippen LogP) is 3.42. The summed E-state index contributed by atoms with van der Waals surface area (Å²) < 4.78 is 10.8. The van der Waals surface area contributed by atoms with Crippen LogP contribution in [-0.2, 0) is 16.8 Å². The predicted molar refractivity (Wildman–Crippen MR) is 95.4 cm³/mol. The molecule has 1 amide bonds. The Morgan fingerprint density at radius 1 is 1.27 bits per heavy atom. The third-order valence-corrected chi connectivity index (χ3v) is 5.14. The molecule has 0 spiro atoms. The largest absolute Gasteiger partial charge is 0.497 e. The molecule has 2 N–H and O–H groups in total. The molecule has 6 heteroatoms. The Kier molecular flexibility index (Phi) is 5.02. The third kappa shape index (κ3) is 3.31. The SMILES string of the molecule is COc1cccc(C2(C(=O)NCc3cc(C(=O)O)c(C)o3)CCCC2)c1. The van der Waals surface area contributed by atoms with Gasteiger partial charge in [-0.15, -0.1) is 0 Å². The fourth-order valence-corrected chi connectivity index (χ4v) is 3.73. The van der Waals surface area contributed by atoms with Crippen molar-refractivity contribution in [3.05, 3.63) is 53.0 Å². The van der Waals surface area contributed by atoms with Crippen molar-refractivity contribution in [2.75, 3.05) is 7.11 Å². The molecular weight excluding hydrogens is 334 g/mol. The Balaban J connectivity index is 1.79. The maximum atomic E-state index is 13.1. The summed E-state index contributed by atoms with van der Waals surface area (Å²) in [6.07, 6.45) is 3.55. The van der Waals surface area contributed by atoms with Gasteiger partial charge in [-0.25, -0.2) is 4.79 Å². The van der Waals surface area contributed by atoms with Crippen LogP contribution in [0, 0.1) is 6.92 Å². The molecular formula is C20H23NO5. The van der Waals surface area contributed by atoms with Gasteiger partial charge in [0.25, 0.3) is 0 Å². The smallest absolute Gasteiger partial charge is 0.339 e. The highest BCUT2D eigenvalue weighted by atomic mass is 16.5. The molecule has 26 heavy (non-hydrogen) atoms. The van der Waals surface area contributed by atoms with Crippen LogP contribution >= 0.6 is 0 Å². The van der Waals surface area contributed by atoms with E-state index in [9.17, 15) is 9.59 Å². The number of carboxylic acids is 1. The number of ether oxygens (including phenoxy) is 1. The Morgan fingerprint density at radius 3 is 2.62 bits per heavy atom. The van der Waals surface area contributed by atoms with Crippen LogP contribution in [0.2, 0.25) is 0 Å². The molecule has 1 aromatic carbocycles. The fourth-order valence-electron chi connectivity index (χ4n) is 3.73. The number of carbonyl (C=O) groups excluding carboxylic acids is 1. The summed E-state index contributed by atoms with van der Waals surface area (Å²) in [4.78, 5) is 24.2. The van der Waals surface area contributed by atoms with Crippen molar-refractivity contribution in [2.45, 2.75) is 44.6 Å². The molecule has 0 saturated heterocycles. The maximum Gasteiger partial charge on any atom is 0.339 e. The summed E-state index contributed by atoms with van der Waals surface area (Å²) in [6.45, 7) is 1.77. The Bertz CT molecular complexity index is 817. The fraction of sp³-hybridized carbons (Fsp3) is 0.400. The number of amides is 1. The number of furan rings is 1. The van der Waals surface area contributed by atoms with Crippen molar-refractivity contribution in [1.82, 2.24) is 5.32 Å². The second-order valence-corrected chi connectivity index (χ2v) is 6.69. The van der Waals surface area contributed by atoms with Crippen molar-refractivity contribution in [1.29, 1.82) is 0 Å². The average molecular weight is 357 g/mol. The number of rotatable bonds is 6. The first-order valence-corrected chi connectivity index (χ1v) is 8.72. The van der Waals surface area contributed by atoms with Crippen LogP contribution < -0.4 is 10.1 Å². The zero-order chi connectivity index (χ0) is 18.7. The monoisotopic (exact) mass is 357 g/mol. The molecule has 0 aliphatic heterocycles. The lowest BCUT2D eigenvalue weighted by Gasteiger charge is -2.28. The van der Waals surface area contributed by atoms with Crippen LogP contribution in [0.15, 0.2) is 34.7 Å². The highest BCUT2D eigenvalue weighted by molar-refractivity contribution is 5.89. The number of carbonyl (C=O) groups is 2. The van der Waals surface area contributed by atoms with Gasteiger partial charge in [0.05, 0.1) is 19.1 Å². The van der Waals surface area contributed by atoms with E-state index in [2.05, 4.69) is 5.32 Å². The molecule has 138 valence electrons. The van der Waals surface area contributed by atoms with Crippen molar-refractivity contribution in [3.8, 4) is 5.75 Å². The topological polar surface area (TPSA) is 88.8 Å². The van der Waals surface area contributed by atoms with Crippen LogP contribution in [0.4, 0.5) is 0 Å². The van der Waals surface area contributed by atoms with Crippen molar-refractivity contribution >= 4 is 11.9 Å². The van der Waals surface area contributed by atoms with Gasteiger partial charge in [-0.2, -0.15) is 0 Å². The molecule has 1 heterocycles. The number of hydrogen-bond donors (Lipinski definition) is 2. The summed E-state index contributed by atoms with van der Waals surface area (Å²) in [6, 6.07) is 9.11. The highest BCUT2D eigenvalue weighted by Crippen LogP contribution is 2.42. The average Bonchev–Trinajstić information content (AvgIpc) is 3.27. The molecule has 3 rings (SSSR count). The first-order valence-electron chi connectivity index (χ1n) is 8.72. The van der Waals surface area contributed by atoms with E-state index in [1.807, 2.05) is 24.3 Å².